The molecule has 3 fully saturated rings. The van der Waals surface area contributed by atoms with E-state index < -0.39 is 44.7 Å². The van der Waals surface area contributed by atoms with Crippen LogP contribution in [0.25, 0.3) is 0 Å². The van der Waals surface area contributed by atoms with E-state index in [0.717, 1.165) is 18.7 Å². The first kappa shape index (κ1) is 18.1. The van der Waals surface area contributed by atoms with Crippen molar-refractivity contribution in [1.82, 2.24) is 9.80 Å². The lowest BCUT2D eigenvalue weighted by Crippen LogP contribution is -2.54. The molecular formula is C16H22N2O6S2. The molecule has 26 heavy (non-hydrogen) atoms. The molecule has 144 valence electrons. The molecular weight excluding hydrogens is 380 g/mol. The average molecular weight is 402 g/mol. The molecule has 8 nitrogen and oxygen atoms in total. The van der Waals surface area contributed by atoms with Crippen LogP contribution in [0.3, 0.4) is 0 Å². The van der Waals surface area contributed by atoms with E-state index >= 15 is 0 Å². The molecule has 3 unspecified atom stereocenters. The largest absolute Gasteiger partial charge is 0.427 e. The second kappa shape index (κ2) is 6.13. The Labute approximate surface area is 156 Å². The summed E-state index contributed by atoms with van der Waals surface area (Å²) >= 11 is 1.78. The number of thioether (sulfide) groups is 1. The van der Waals surface area contributed by atoms with Gasteiger partial charge in [-0.1, -0.05) is 0 Å². The molecule has 0 aromatic carbocycles. The number of ether oxygens (including phenoxy) is 2. The van der Waals surface area contributed by atoms with Crippen molar-refractivity contribution in [2.24, 2.45) is 0 Å². The molecule has 4 heterocycles. The number of hydrogen-bond acceptors (Lipinski definition) is 9. The van der Waals surface area contributed by atoms with Gasteiger partial charge in [-0.3, -0.25) is 9.69 Å². The van der Waals surface area contributed by atoms with Gasteiger partial charge in [0.25, 0.3) is 0 Å². The number of carbonyl (C=O) groups excluding carboxylic acids is 2. The zero-order valence-electron chi connectivity index (χ0n) is 14.7. The maximum absolute atomic E-state index is 12.5. The minimum Gasteiger partial charge on any atom is -0.427 e. The number of rotatable bonds is 4. The van der Waals surface area contributed by atoms with Gasteiger partial charge in [0, 0.05) is 18.8 Å². The van der Waals surface area contributed by atoms with Gasteiger partial charge in [-0.2, -0.15) is 0 Å². The van der Waals surface area contributed by atoms with Crippen LogP contribution < -0.4 is 0 Å². The predicted molar refractivity (Wildman–Crippen MR) is 94.6 cm³/mol. The highest BCUT2D eigenvalue weighted by atomic mass is 32.2. The summed E-state index contributed by atoms with van der Waals surface area (Å²) in [5, 5.41) is -0.274. The van der Waals surface area contributed by atoms with Gasteiger partial charge >= 0.3 is 11.9 Å². The fraction of sp³-hybridized carbons (Fsp3) is 0.750. The molecule has 4 aliphatic rings. The number of nitrogens with zero attached hydrogens (tertiary/aromatic N) is 2. The van der Waals surface area contributed by atoms with Crippen molar-refractivity contribution in [3.8, 4) is 0 Å². The summed E-state index contributed by atoms with van der Waals surface area (Å²) < 4.78 is 34.0. The van der Waals surface area contributed by atoms with Crippen molar-refractivity contribution in [2.45, 2.75) is 48.2 Å². The third kappa shape index (κ3) is 2.49. The van der Waals surface area contributed by atoms with Crippen LogP contribution in [-0.2, 0) is 28.9 Å². The van der Waals surface area contributed by atoms with E-state index in [0.29, 0.717) is 24.0 Å². The van der Waals surface area contributed by atoms with Crippen LogP contribution in [0.1, 0.15) is 26.7 Å². The number of sulfone groups is 1. The number of carbonyl (C=O) groups is 2. The van der Waals surface area contributed by atoms with E-state index in [9.17, 15) is 18.0 Å². The highest BCUT2D eigenvalue weighted by Crippen LogP contribution is 2.45. The number of esters is 2. The first-order valence-corrected chi connectivity index (χ1v) is 11.3. The van der Waals surface area contributed by atoms with Crippen LogP contribution in [0.2, 0.25) is 0 Å². The maximum atomic E-state index is 12.5. The van der Waals surface area contributed by atoms with E-state index in [2.05, 4.69) is 0 Å². The highest BCUT2D eigenvalue weighted by Gasteiger charge is 2.65. The normalized spacial score (nSPS) is 33.8. The minimum absolute atomic E-state index is 0.331. The van der Waals surface area contributed by atoms with Crippen LogP contribution in [-0.4, -0.2) is 77.3 Å². The van der Waals surface area contributed by atoms with E-state index in [1.54, 1.807) is 30.5 Å². The molecule has 0 spiro atoms. The Kier molecular flexibility index (Phi) is 4.27. The molecule has 0 saturated carbocycles. The molecule has 3 atom stereocenters. The molecule has 4 rings (SSSR count). The van der Waals surface area contributed by atoms with Crippen LogP contribution in [0.15, 0.2) is 11.8 Å². The fourth-order valence-electron chi connectivity index (χ4n) is 4.00. The van der Waals surface area contributed by atoms with Gasteiger partial charge in [-0.25, -0.2) is 13.2 Å². The predicted octanol–water partition coefficient (Wildman–Crippen LogP) is 0.300. The van der Waals surface area contributed by atoms with E-state index in [4.69, 9.17) is 9.47 Å². The van der Waals surface area contributed by atoms with Crippen molar-refractivity contribution in [2.75, 3.05) is 25.6 Å². The van der Waals surface area contributed by atoms with Gasteiger partial charge in [0.1, 0.15) is 17.1 Å². The summed E-state index contributed by atoms with van der Waals surface area (Å²) in [5.74, 6) is -0.415. The zero-order valence-corrected chi connectivity index (χ0v) is 16.3. The monoisotopic (exact) mass is 402 g/mol. The first-order chi connectivity index (χ1) is 12.2. The minimum atomic E-state index is -3.42. The standard InChI is InChI=1S/C16H22N2O6S2/c1-16(2)13(18-7-4-12(18)26(16,21)22)15(20)24-9-23-14(19)10-5-8-25-11-3-6-17(10)11/h5,11-13H,3-4,6-9H2,1-2H3. The molecule has 10 heteroatoms. The van der Waals surface area contributed by atoms with Crippen LogP contribution in [0.4, 0.5) is 0 Å². The Hall–Kier alpha value is -1.26. The summed E-state index contributed by atoms with van der Waals surface area (Å²) in [5.41, 5.74) is 0.516. The fourth-order valence-corrected chi connectivity index (χ4v) is 7.39. The molecule has 3 saturated heterocycles. The van der Waals surface area contributed by atoms with Gasteiger partial charge in [0.05, 0.1) is 10.1 Å². The van der Waals surface area contributed by atoms with E-state index in [1.807, 2.05) is 11.0 Å². The molecule has 0 N–H and O–H groups in total. The Balaban J connectivity index is 1.35. The smallest absolute Gasteiger partial charge is 0.357 e. The zero-order chi connectivity index (χ0) is 18.7. The molecule has 0 bridgehead atoms. The van der Waals surface area contributed by atoms with Gasteiger partial charge < -0.3 is 14.4 Å². The molecule has 0 amide bonds. The Morgan fingerprint density at radius 1 is 1.27 bits per heavy atom. The Bertz CT molecular complexity index is 778. The van der Waals surface area contributed by atoms with Gasteiger partial charge in [-0.05, 0) is 32.8 Å². The SMILES string of the molecule is CC1(C)C(C(=O)OCOC(=O)C2=CCSC3CCN23)N2CCC2S1(=O)=O. The molecule has 0 aromatic rings. The van der Waals surface area contributed by atoms with Gasteiger partial charge in [0.15, 0.2) is 9.84 Å². The average Bonchev–Trinajstić information content (AvgIpc) is 2.60. The van der Waals surface area contributed by atoms with E-state index in [1.165, 1.54) is 0 Å². The van der Waals surface area contributed by atoms with Crippen LogP contribution >= 0.6 is 11.8 Å². The van der Waals surface area contributed by atoms with Gasteiger partial charge in [-0.15, -0.1) is 11.8 Å². The number of fused-ring (bicyclic) bond motifs is 2. The summed E-state index contributed by atoms with van der Waals surface area (Å²) in [6, 6.07) is -0.866. The van der Waals surface area contributed by atoms with Crippen molar-refractivity contribution in [3.05, 3.63) is 11.8 Å². The topological polar surface area (TPSA) is 93.2 Å². The molecule has 0 aromatic heterocycles. The maximum Gasteiger partial charge on any atom is 0.357 e. The second-order valence-electron chi connectivity index (χ2n) is 7.40. The third-order valence-electron chi connectivity index (χ3n) is 5.75. The van der Waals surface area contributed by atoms with Crippen molar-refractivity contribution < 1.29 is 27.5 Å². The number of hydrogen-bond donors (Lipinski definition) is 0. The lowest BCUT2D eigenvalue weighted by Gasteiger charge is -2.44. The lowest BCUT2D eigenvalue weighted by molar-refractivity contribution is -0.171. The Morgan fingerprint density at radius 3 is 2.62 bits per heavy atom. The summed E-state index contributed by atoms with van der Waals surface area (Å²) in [7, 11) is -3.42. The van der Waals surface area contributed by atoms with Gasteiger partial charge in [0.2, 0.25) is 6.79 Å². The van der Waals surface area contributed by atoms with Crippen LogP contribution in [0.5, 0.6) is 0 Å². The van der Waals surface area contributed by atoms with E-state index in [-0.39, 0.29) is 0 Å². The quantitative estimate of drug-likeness (QED) is 0.486. The second-order valence-corrected chi connectivity index (χ2v) is 11.3. The highest BCUT2D eigenvalue weighted by molar-refractivity contribution is 8.00. The lowest BCUT2D eigenvalue weighted by atomic mass is 9.99. The van der Waals surface area contributed by atoms with Crippen molar-refractivity contribution in [1.29, 1.82) is 0 Å². The van der Waals surface area contributed by atoms with Crippen LogP contribution in [0, 0.1) is 0 Å². The Morgan fingerprint density at radius 2 is 2.04 bits per heavy atom. The van der Waals surface area contributed by atoms with Crippen molar-refractivity contribution >= 4 is 33.5 Å². The first-order valence-electron chi connectivity index (χ1n) is 8.66. The van der Waals surface area contributed by atoms with Crippen molar-refractivity contribution in [3.63, 3.8) is 0 Å². The third-order valence-corrected chi connectivity index (χ3v) is 9.90. The molecule has 4 aliphatic heterocycles. The summed E-state index contributed by atoms with van der Waals surface area (Å²) in [4.78, 5) is 28.3. The molecule has 0 radical (unpaired) electrons. The summed E-state index contributed by atoms with van der Waals surface area (Å²) in [6.45, 7) is 3.96. The molecule has 0 aliphatic carbocycles. The summed E-state index contributed by atoms with van der Waals surface area (Å²) in [6.07, 6.45) is 3.40.